The third-order valence-electron chi connectivity index (χ3n) is 6.27. The number of carbonyl (C=O) groups excluding carboxylic acids is 2. The van der Waals surface area contributed by atoms with Gasteiger partial charge in [-0.25, -0.2) is 9.78 Å². The molecule has 0 bridgehead atoms. The Bertz CT molecular complexity index is 1570. The van der Waals surface area contributed by atoms with Gasteiger partial charge in [-0.15, -0.1) is 0 Å². The van der Waals surface area contributed by atoms with Crippen LogP contribution in [0.3, 0.4) is 0 Å². The minimum absolute atomic E-state index is 0.366. The van der Waals surface area contributed by atoms with Gasteiger partial charge in [-0.05, 0) is 42.3 Å². The normalized spacial score (nSPS) is 17.5. The van der Waals surface area contributed by atoms with E-state index in [-0.39, 0.29) is 5.91 Å². The van der Waals surface area contributed by atoms with Crippen molar-refractivity contribution in [1.82, 2.24) is 30.3 Å². The van der Waals surface area contributed by atoms with Crippen molar-refractivity contribution < 1.29 is 14.1 Å². The lowest BCUT2D eigenvalue weighted by Gasteiger charge is -2.20. The molecule has 2 N–H and O–H groups in total. The molecule has 9 nitrogen and oxygen atoms in total. The lowest BCUT2D eigenvalue weighted by molar-refractivity contribution is -0.123. The number of urea groups is 1. The first-order chi connectivity index (χ1) is 17.0. The lowest BCUT2D eigenvalue weighted by Crippen LogP contribution is -2.40. The monoisotopic (exact) mass is 464 g/mol. The van der Waals surface area contributed by atoms with Crippen molar-refractivity contribution >= 4 is 23.0 Å². The van der Waals surface area contributed by atoms with E-state index in [1.165, 1.54) is 0 Å². The van der Waals surface area contributed by atoms with Gasteiger partial charge in [-0.3, -0.25) is 10.1 Å². The molecule has 9 heteroatoms. The number of aromatic nitrogens is 4. The summed E-state index contributed by atoms with van der Waals surface area (Å²) in [5, 5.41) is 9.04. The molecule has 1 aliphatic heterocycles. The maximum atomic E-state index is 12.2. The van der Waals surface area contributed by atoms with E-state index in [0.29, 0.717) is 29.4 Å². The molecule has 2 aromatic heterocycles. The average Bonchev–Trinajstić information content (AvgIpc) is 3.58. The summed E-state index contributed by atoms with van der Waals surface area (Å²) < 4.78 is 7.59. The molecular weight excluding hydrogens is 444 g/mol. The number of rotatable bonds is 5. The third kappa shape index (κ3) is 3.63. The van der Waals surface area contributed by atoms with Crippen molar-refractivity contribution in [3.8, 4) is 22.8 Å². The van der Waals surface area contributed by atoms with Gasteiger partial charge in [0, 0.05) is 17.7 Å². The highest BCUT2D eigenvalue weighted by Crippen LogP contribution is 2.28. The van der Waals surface area contributed by atoms with Crippen LogP contribution in [-0.2, 0) is 16.9 Å². The molecule has 0 radical (unpaired) electrons. The molecule has 35 heavy (non-hydrogen) atoms. The molecule has 3 amide bonds. The van der Waals surface area contributed by atoms with E-state index in [1.807, 2.05) is 48.8 Å². The Hall–Kier alpha value is -4.79. The topological polar surface area (TPSA) is 115 Å². The fourth-order valence-electron chi connectivity index (χ4n) is 4.24. The van der Waals surface area contributed by atoms with Gasteiger partial charge in [0.2, 0.25) is 5.82 Å². The van der Waals surface area contributed by atoms with Crippen molar-refractivity contribution in [1.29, 1.82) is 0 Å². The number of imide groups is 1. The zero-order valence-electron chi connectivity index (χ0n) is 18.7. The summed E-state index contributed by atoms with van der Waals surface area (Å²) in [6, 6.07) is 22.6. The summed E-state index contributed by atoms with van der Waals surface area (Å²) in [7, 11) is 0. The largest absolute Gasteiger partial charge is 0.334 e. The molecule has 172 valence electrons. The molecule has 1 fully saturated rings. The second-order valence-corrected chi connectivity index (χ2v) is 8.59. The maximum absolute atomic E-state index is 12.2. The van der Waals surface area contributed by atoms with Gasteiger partial charge in [0.25, 0.3) is 11.8 Å². The van der Waals surface area contributed by atoms with E-state index in [9.17, 15) is 9.59 Å². The molecule has 1 atom stereocenters. The van der Waals surface area contributed by atoms with Crippen LogP contribution in [0.1, 0.15) is 18.1 Å². The van der Waals surface area contributed by atoms with E-state index in [0.717, 1.165) is 22.2 Å². The second kappa shape index (κ2) is 7.91. The Kier molecular flexibility index (Phi) is 4.70. The fourth-order valence-corrected chi connectivity index (χ4v) is 4.24. The van der Waals surface area contributed by atoms with Crippen LogP contribution in [0.25, 0.3) is 33.9 Å². The summed E-state index contributed by atoms with van der Waals surface area (Å²) >= 11 is 0. The highest BCUT2D eigenvalue weighted by molar-refractivity contribution is 6.07. The molecule has 1 saturated heterocycles. The summed E-state index contributed by atoms with van der Waals surface area (Å²) in [4.78, 5) is 32.7. The van der Waals surface area contributed by atoms with Crippen molar-refractivity contribution in [3.63, 3.8) is 0 Å². The summed E-state index contributed by atoms with van der Waals surface area (Å²) in [5.74, 6) is 0.462. The highest BCUT2D eigenvalue weighted by atomic mass is 16.5. The Morgan fingerprint density at radius 1 is 0.943 bits per heavy atom. The number of amides is 3. The Labute approximate surface area is 199 Å². The van der Waals surface area contributed by atoms with Crippen molar-refractivity contribution in [2.24, 2.45) is 0 Å². The summed E-state index contributed by atoms with van der Waals surface area (Å²) in [5.41, 5.74) is 4.30. The van der Waals surface area contributed by atoms with Gasteiger partial charge in [-0.1, -0.05) is 53.7 Å². The fraction of sp³-hybridized carbons (Fsp3) is 0.115. The first-order valence-electron chi connectivity index (χ1n) is 11.1. The number of benzene rings is 3. The van der Waals surface area contributed by atoms with E-state index in [1.54, 1.807) is 31.2 Å². The first-order valence-corrected chi connectivity index (χ1v) is 11.1. The van der Waals surface area contributed by atoms with Crippen LogP contribution in [0.2, 0.25) is 0 Å². The van der Waals surface area contributed by atoms with Crippen LogP contribution in [0.4, 0.5) is 4.79 Å². The van der Waals surface area contributed by atoms with E-state index < -0.39 is 11.6 Å². The van der Waals surface area contributed by atoms with Gasteiger partial charge in [-0.2, -0.15) is 4.98 Å². The van der Waals surface area contributed by atoms with Gasteiger partial charge in [0.1, 0.15) is 5.54 Å². The van der Waals surface area contributed by atoms with Crippen LogP contribution < -0.4 is 10.6 Å². The van der Waals surface area contributed by atoms with Crippen LogP contribution >= 0.6 is 0 Å². The number of nitrogens with one attached hydrogen (secondary N) is 2. The lowest BCUT2D eigenvalue weighted by atomic mass is 9.91. The Morgan fingerprint density at radius 3 is 2.43 bits per heavy atom. The van der Waals surface area contributed by atoms with Gasteiger partial charge in [0.15, 0.2) is 0 Å². The average molecular weight is 464 g/mol. The van der Waals surface area contributed by atoms with Crippen LogP contribution in [-0.4, -0.2) is 31.6 Å². The molecule has 0 spiro atoms. The minimum Gasteiger partial charge on any atom is -0.334 e. The van der Waals surface area contributed by atoms with E-state index in [4.69, 9.17) is 4.52 Å². The number of fused-ring (bicyclic) bond motifs is 1. The molecule has 1 aliphatic rings. The molecule has 5 aromatic rings. The van der Waals surface area contributed by atoms with Crippen LogP contribution in [0.15, 0.2) is 83.6 Å². The number of imidazole rings is 1. The quantitative estimate of drug-likeness (QED) is 0.382. The van der Waals surface area contributed by atoms with E-state index in [2.05, 4.69) is 36.4 Å². The SMILES string of the molecule is CC1(c2ccc(-c3nc(-c4ccc(Cn5cnc6ccccc65)cc4)no3)cc2)NC(=O)NC1=O. The van der Waals surface area contributed by atoms with Gasteiger partial charge in [0.05, 0.1) is 17.4 Å². The Balaban J connectivity index is 1.19. The number of carbonyl (C=O) groups is 2. The summed E-state index contributed by atoms with van der Waals surface area (Å²) in [6.45, 7) is 2.37. The van der Waals surface area contributed by atoms with Crippen molar-refractivity contribution in [3.05, 3.63) is 90.3 Å². The molecule has 3 aromatic carbocycles. The maximum Gasteiger partial charge on any atom is 0.322 e. The molecule has 3 heterocycles. The molecular formula is C26H20N6O3. The summed E-state index contributed by atoms with van der Waals surface area (Å²) in [6.07, 6.45) is 1.85. The minimum atomic E-state index is -1.11. The standard InChI is InChI=1S/C26H20N6O3/c1-26(24(33)29-25(34)30-26)19-12-10-18(11-13-19)23-28-22(31-35-23)17-8-6-16(7-9-17)14-32-15-27-20-4-2-3-5-21(20)32/h2-13,15H,14H2,1H3,(H2,29,30,33,34). The van der Waals surface area contributed by atoms with Crippen molar-refractivity contribution in [2.45, 2.75) is 19.0 Å². The number of nitrogens with zero attached hydrogens (tertiary/aromatic N) is 4. The first kappa shape index (κ1) is 20.8. The third-order valence-corrected chi connectivity index (χ3v) is 6.27. The van der Waals surface area contributed by atoms with E-state index >= 15 is 0 Å². The molecule has 0 saturated carbocycles. The smallest absolute Gasteiger partial charge is 0.322 e. The zero-order chi connectivity index (χ0) is 24.0. The molecule has 0 aliphatic carbocycles. The van der Waals surface area contributed by atoms with Crippen LogP contribution in [0, 0.1) is 0 Å². The second-order valence-electron chi connectivity index (χ2n) is 8.59. The van der Waals surface area contributed by atoms with Crippen LogP contribution in [0.5, 0.6) is 0 Å². The van der Waals surface area contributed by atoms with Gasteiger partial charge < -0.3 is 14.4 Å². The molecule has 6 rings (SSSR count). The predicted octanol–water partition coefficient (Wildman–Crippen LogP) is 3.86. The molecule has 1 unspecified atom stereocenters. The van der Waals surface area contributed by atoms with Crippen molar-refractivity contribution in [2.75, 3.05) is 0 Å². The predicted molar refractivity (Wildman–Crippen MR) is 128 cm³/mol. The number of hydrogen-bond acceptors (Lipinski definition) is 6. The number of para-hydroxylation sites is 2. The Morgan fingerprint density at radius 2 is 1.69 bits per heavy atom. The highest BCUT2D eigenvalue weighted by Gasteiger charge is 2.43. The number of hydrogen-bond donors (Lipinski definition) is 2. The zero-order valence-corrected chi connectivity index (χ0v) is 18.7. The van der Waals surface area contributed by atoms with Gasteiger partial charge >= 0.3 is 6.03 Å².